The summed E-state index contributed by atoms with van der Waals surface area (Å²) in [6.45, 7) is 1.05. The highest BCUT2D eigenvalue weighted by Gasteiger charge is 2.36. The van der Waals surface area contributed by atoms with E-state index in [0.29, 0.717) is 0 Å². The van der Waals surface area contributed by atoms with Gasteiger partial charge in [0.15, 0.2) is 5.69 Å². The molecule has 2 heterocycles. The minimum Gasteiger partial charge on any atom is -0.461 e. The van der Waals surface area contributed by atoms with Gasteiger partial charge in [-0.3, -0.25) is 4.68 Å². The van der Waals surface area contributed by atoms with Gasteiger partial charge in [-0.25, -0.2) is 9.78 Å². The monoisotopic (exact) mass is 456 g/mol. The number of esters is 1. The molecule has 0 aromatic carbocycles. The Hall–Kier alpha value is -2.63. The number of aromatic nitrogens is 3. The number of anilines is 1. The number of aryl methyl sites for hydroxylation is 1. The standard InChI is InChI=1S/C17H18ClF5N4O3/c1-4-27-14(12(18)13(26-27)15(28)29-5-2)9-7-24-11(6-10(9)30-16(19)20)25-8(3)17(21,22)23/h6-8,16H,4-5H2,1-3H3,(H,24,25)/t8-/m1/s1. The summed E-state index contributed by atoms with van der Waals surface area (Å²) in [7, 11) is 0. The predicted octanol–water partition coefficient (Wildman–Crippen LogP) is 4.76. The Morgan fingerprint density at radius 3 is 2.53 bits per heavy atom. The van der Waals surface area contributed by atoms with Crippen LogP contribution in [0.3, 0.4) is 0 Å². The van der Waals surface area contributed by atoms with Gasteiger partial charge in [0.05, 0.1) is 17.9 Å². The van der Waals surface area contributed by atoms with E-state index in [1.165, 1.54) is 4.68 Å². The van der Waals surface area contributed by atoms with Crippen molar-refractivity contribution in [2.24, 2.45) is 0 Å². The summed E-state index contributed by atoms with van der Waals surface area (Å²) >= 11 is 6.25. The molecular weight excluding hydrogens is 439 g/mol. The van der Waals surface area contributed by atoms with Crippen LogP contribution in [0.4, 0.5) is 27.8 Å². The summed E-state index contributed by atoms with van der Waals surface area (Å²) in [5, 5.41) is 5.89. The zero-order valence-electron chi connectivity index (χ0n) is 16.1. The molecule has 7 nitrogen and oxygen atoms in total. The van der Waals surface area contributed by atoms with Gasteiger partial charge in [-0.1, -0.05) is 11.6 Å². The van der Waals surface area contributed by atoms with Gasteiger partial charge in [0, 0.05) is 18.8 Å². The fraction of sp³-hybridized carbons (Fsp3) is 0.471. The molecule has 166 valence electrons. The van der Waals surface area contributed by atoms with Gasteiger partial charge < -0.3 is 14.8 Å². The highest BCUT2D eigenvalue weighted by molar-refractivity contribution is 6.36. The van der Waals surface area contributed by atoms with E-state index < -0.39 is 30.5 Å². The zero-order valence-corrected chi connectivity index (χ0v) is 16.8. The van der Waals surface area contributed by atoms with E-state index in [2.05, 4.69) is 20.1 Å². The number of pyridine rings is 1. The van der Waals surface area contributed by atoms with Crippen LogP contribution in [0.5, 0.6) is 5.75 Å². The van der Waals surface area contributed by atoms with Crippen LogP contribution in [-0.4, -0.2) is 46.2 Å². The van der Waals surface area contributed by atoms with Crippen molar-refractivity contribution in [3.05, 3.63) is 23.0 Å². The van der Waals surface area contributed by atoms with E-state index in [1.54, 1.807) is 13.8 Å². The summed E-state index contributed by atoms with van der Waals surface area (Å²) in [6, 6.07) is -1.10. The van der Waals surface area contributed by atoms with Crippen LogP contribution < -0.4 is 10.1 Å². The number of hydrogen-bond acceptors (Lipinski definition) is 6. The zero-order chi connectivity index (χ0) is 22.6. The summed E-state index contributed by atoms with van der Waals surface area (Å²) in [4.78, 5) is 15.9. The summed E-state index contributed by atoms with van der Waals surface area (Å²) in [5.74, 6) is -1.66. The van der Waals surface area contributed by atoms with Gasteiger partial charge in [-0.05, 0) is 20.8 Å². The first kappa shape index (κ1) is 23.6. The largest absolute Gasteiger partial charge is 0.461 e. The van der Waals surface area contributed by atoms with E-state index in [9.17, 15) is 26.7 Å². The van der Waals surface area contributed by atoms with Crippen LogP contribution in [0, 0.1) is 0 Å². The molecule has 2 aromatic heterocycles. The number of nitrogens with zero attached hydrogens (tertiary/aromatic N) is 3. The van der Waals surface area contributed by atoms with Gasteiger partial charge in [0.2, 0.25) is 0 Å². The molecule has 0 spiro atoms. The number of nitrogens with one attached hydrogen (secondary N) is 1. The molecule has 1 N–H and O–H groups in total. The van der Waals surface area contributed by atoms with E-state index in [0.717, 1.165) is 19.2 Å². The maximum absolute atomic E-state index is 12.9. The van der Waals surface area contributed by atoms with Crippen molar-refractivity contribution < 1.29 is 36.2 Å². The number of alkyl halides is 5. The molecule has 0 aliphatic rings. The van der Waals surface area contributed by atoms with Gasteiger partial charge in [0.25, 0.3) is 0 Å². The number of hydrogen-bond donors (Lipinski definition) is 1. The maximum atomic E-state index is 12.9. The normalized spacial score (nSPS) is 12.7. The van der Waals surface area contributed by atoms with E-state index in [4.69, 9.17) is 16.3 Å². The van der Waals surface area contributed by atoms with Crippen LogP contribution in [0.1, 0.15) is 31.3 Å². The smallest absolute Gasteiger partial charge is 0.408 e. The lowest BCUT2D eigenvalue weighted by Gasteiger charge is -2.19. The Bertz CT molecular complexity index is 904. The first-order valence-corrected chi connectivity index (χ1v) is 9.09. The average molecular weight is 457 g/mol. The molecule has 13 heteroatoms. The van der Waals surface area contributed by atoms with Crippen molar-refractivity contribution in [3.8, 4) is 17.0 Å². The van der Waals surface area contributed by atoms with E-state index >= 15 is 0 Å². The van der Waals surface area contributed by atoms with Crippen LogP contribution >= 0.6 is 11.6 Å². The molecule has 0 fully saturated rings. The van der Waals surface area contributed by atoms with Crippen LogP contribution in [0.2, 0.25) is 5.02 Å². The van der Waals surface area contributed by atoms with Crippen LogP contribution in [0.25, 0.3) is 11.3 Å². The van der Waals surface area contributed by atoms with Gasteiger partial charge in [0.1, 0.15) is 22.6 Å². The molecule has 1 atom stereocenters. The topological polar surface area (TPSA) is 78.3 Å². The molecule has 0 aliphatic carbocycles. The second kappa shape index (κ2) is 9.45. The molecule has 0 saturated heterocycles. The van der Waals surface area contributed by atoms with Gasteiger partial charge >= 0.3 is 18.8 Å². The second-order valence-electron chi connectivity index (χ2n) is 5.90. The Kier molecular flexibility index (Phi) is 7.45. The minimum atomic E-state index is -4.58. The van der Waals surface area contributed by atoms with Crippen molar-refractivity contribution in [1.82, 2.24) is 14.8 Å². The first-order valence-electron chi connectivity index (χ1n) is 8.71. The molecule has 0 aliphatic heterocycles. The molecule has 0 radical (unpaired) electrons. The van der Waals surface area contributed by atoms with Crippen molar-refractivity contribution in [2.75, 3.05) is 11.9 Å². The van der Waals surface area contributed by atoms with Crippen molar-refractivity contribution >= 4 is 23.4 Å². The fourth-order valence-corrected chi connectivity index (χ4v) is 2.76. The van der Waals surface area contributed by atoms with E-state index in [-0.39, 0.29) is 40.9 Å². The lowest BCUT2D eigenvalue weighted by molar-refractivity contribution is -0.138. The molecule has 30 heavy (non-hydrogen) atoms. The number of halogens is 6. The quantitative estimate of drug-likeness (QED) is 0.456. The number of carbonyl (C=O) groups excluding carboxylic acids is 1. The van der Waals surface area contributed by atoms with E-state index in [1.807, 2.05) is 0 Å². The van der Waals surface area contributed by atoms with Gasteiger partial charge in [-0.2, -0.15) is 27.1 Å². The summed E-state index contributed by atoms with van der Waals surface area (Å²) < 4.78 is 74.8. The Morgan fingerprint density at radius 1 is 1.33 bits per heavy atom. The highest BCUT2D eigenvalue weighted by Crippen LogP contribution is 2.38. The molecule has 0 amide bonds. The van der Waals surface area contributed by atoms with Crippen LogP contribution in [-0.2, 0) is 11.3 Å². The van der Waals surface area contributed by atoms with Crippen LogP contribution in [0.15, 0.2) is 12.3 Å². The SMILES string of the molecule is CCOC(=O)c1nn(CC)c(-c2cnc(N[C@H](C)C(F)(F)F)cc2OC(F)F)c1Cl. The first-order chi connectivity index (χ1) is 14.0. The molecule has 2 aromatic rings. The molecule has 0 unspecified atom stereocenters. The molecule has 0 saturated carbocycles. The second-order valence-corrected chi connectivity index (χ2v) is 6.28. The number of carbonyl (C=O) groups is 1. The number of ether oxygens (including phenoxy) is 2. The van der Waals surface area contributed by atoms with Crippen molar-refractivity contribution in [2.45, 2.75) is 46.1 Å². The average Bonchev–Trinajstić information content (AvgIpc) is 2.97. The molecule has 0 bridgehead atoms. The van der Waals surface area contributed by atoms with Crippen molar-refractivity contribution in [1.29, 1.82) is 0 Å². The number of rotatable bonds is 8. The molecule has 2 rings (SSSR count). The Morgan fingerprint density at radius 2 is 2.00 bits per heavy atom. The lowest BCUT2D eigenvalue weighted by atomic mass is 10.1. The third-order valence-corrected chi connectivity index (χ3v) is 4.21. The Labute approximate surface area is 173 Å². The fourth-order valence-electron chi connectivity index (χ4n) is 2.45. The Balaban J connectivity index is 2.56. The predicted molar refractivity (Wildman–Crippen MR) is 97.9 cm³/mol. The van der Waals surface area contributed by atoms with Gasteiger partial charge in [-0.15, -0.1) is 0 Å². The third kappa shape index (κ3) is 5.29. The highest BCUT2D eigenvalue weighted by atomic mass is 35.5. The van der Waals surface area contributed by atoms with Crippen molar-refractivity contribution in [3.63, 3.8) is 0 Å². The lowest BCUT2D eigenvalue weighted by Crippen LogP contribution is -2.33. The maximum Gasteiger partial charge on any atom is 0.408 e. The molecular formula is C17H18ClF5N4O3. The third-order valence-electron chi connectivity index (χ3n) is 3.86. The minimum absolute atomic E-state index is 0.0285. The summed E-state index contributed by atoms with van der Waals surface area (Å²) in [6.07, 6.45) is -3.57. The summed E-state index contributed by atoms with van der Waals surface area (Å²) in [5.41, 5.74) is -0.303.